The van der Waals surface area contributed by atoms with Crippen molar-refractivity contribution in [2.45, 2.75) is 0 Å². The van der Waals surface area contributed by atoms with Crippen LogP contribution in [0.15, 0.2) is 71.7 Å². The number of aromatic nitrogens is 3. The number of nitrogens with one attached hydrogen (secondary N) is 1. The van der Waals surface area contributed by atoms with Gasteiger partial charge in [0.1, 0.15) is 6.54 Å². The molecule has 0 saturated heterocycles. The van der Waals surface area contributed by atoms with E-state index >= 15 is 0 Å². The number of nitrogen functional groups attached to an aromatic ring is 1. The largest absolute Gasteiger partial charge is 0.375 e. The van der Waals surface area contributed by atoms with Crippen molar-refractivity contribution in [2.75, 3.05) is 22.5 Å². The Hall–Kier alpha value is -4.22. The smallest absolute Gasteiger partial charge is 0.260 e. The molecule has 0 saturated carbocycles. The molecule has 3 aromatic heterocycles. The molecular weight excluding hydrogens is 487 g/mol. The van der Waals surface area contributed by atoms with Gasteiger partial charge in [-0.05, 0) is 42.5 Å². The van der Waals surface area contributed by atoms with Gasteiger partial charge >= 0.3 is 0 Å². The molecule has 3 N–H and O–H groups in total. The van der Waals surface area contributed by atoms with E-state index in [2.05, 4.69) is 20.3 Å². The van der Waals surface area contributed by atoms with Crippen LogP contribution >= 0.6 is 22.7 Å². The summed E-state index contributed by atoms with van der Waals surface area (Å²) in [5.74, 6) is -1.59. The molecule has 174 valence electrons. The van der Waals surface area contributed by atoms with Gasteiger partial charge in [0.15, 0.2) is 5.13 Å². The third-order valence-electron chi connectivity index (χ3n) is 5.13. The summed E-state index contributed by atoms with van der Waals surface area (Å²) in [4.78, 5) is 39.6. The van der Waals surface area contributed by atoms with Crippen molar-refractivity contribution in [1.29, 1.82) is 0 Å². The van der Waals surface area contributed by atoms with E-state index in [0.29, 0.717) is 22.0 Å². The van der Waals surface area contributed by atoms with Crippen molar-refractivity contribution in [3.8, 4) is 11.3 Å². The number of hydrogen-bond donors (Lipinski definition) is 2. The Bertz CT molecular complexity index is 1520. The van der Waals surface area contributed by atoms with Crippen LogP contribution in [0.25, 0.3) is 21.5 Å². The lowest BCUT2D eigenvalue weighted by atomic mass is 10.1. The highest BCUT2D eigenvalue weighted by atomic mass is 32.1. The second-order valence-electron chi connectivity index (χ2n) is 7.46. The first kappa shape index (κ1) is 22.6. The molecule has 0 aliphatic carbocycles. The third-order valence-corrected chi connectivity index (χ3v) is 6.62. The quantitative estimate of drug-likeness (QED) is 0.321. The third kappa shape index (κ3) is 5.00. The summed E-state index contributed by atoms with van der Waals surface area (Å²) in [6, 6.07) is 14.9. The first-order chi connectivity index (χ1) is 17.0. The van der Waals surface area contributed by atoms with Crippen LogP contribution in [0.5, 0.6) is 0 Å². The molecular formula is C24H17FN6O2S2. The van der Waals surface area contributed by atoms with E-state index in [9.17, 15) is 14.0 Å². The lowest BCUT2D eigenvalue weighted by Gasteiger charge is -2.22. The van der Waals surface area contributed by atoms with Crippen molar-refractivity contribution in [3.05, 3.63) is 83.2 Å². The van der Waals surface area contributed by atoms with Crippen LogP contribution in [0, 0.1) is 5.95 Å². The molecule has 2 amide bonds. The number of nitrogens with zero attached hydrogens (tertiary/aromatic N) is 4. The van der Waals surface area contributed by atoms with E-state index < -0.39 is 17.8 Å². The van der Waals surface area contributed by atoms with Crippen LogP contribution in [-0.2, 0) is 4.79 Å². The standard InChI is InChI=1S/C24H17FN6O2S2/c25-21-8-3-15(10-27-21)23(33)31(17-6-7-20-18(9-17)28-13-35-20)11-22(32)29-16-4-1-14(2-5-16)19-12-34-24(26)30-19/h1-10,12-13H,11H2,(H2,26,30)(H,29,32). The van der Waals surface area contributed by atoms with Gasteiger partial charge in [-0.3, -0.25) is 14.5 Å². The van der Waals surface area contributed by atoms with E-state index in [4.69, 9.17) is 5.73 Å². The van der Waals surface area contributed by atoms with Gasteiger partial charge < -0.3 is 11.1 Å². The minimum Gasteiger partial charge on any atom is -0.375 e. The van der Waals surface area contributed by atoms with Crippen molar-refractivity contribution in [3.63, 3.8) is 0 Å². The Kier molecular flexibility index (Phi) is 6.17. The first-order valence-corrected chi connectivity index (χ1v) is 12.1. The molecule has 0 bridgehead atoms. The second-order valence-corrected chi connectivity index (χ2v) is 9.24. The number of hydrogen-bond acceptors (Lipinski definition) is 8. The normalized spacial score (nSPS) is 10.9. The van der Waals surface area contributed by atoms with E-state index in [0.717, 1.165) is 28.2 Å². The number of carbonyl (C=O) groups is 2. The molecule has 8 nitrogen and oxygen atoms in total. The predicted molar refractivity (Wildman–Crippen MR) is 136 cm³/mol. The SMILES string of the molecule is Nc1nc(-c2ccc(NC(=O)CN(C(=O)c3ccc(F)nc3)c3ccc4scnc4c3)cc2)cs1. The number of halogens is 1. The van der Waals surface area contributed by atoms with E-state index in [1.807, 2.05) is 23.6 Å². The van der Waals surface area contributed by atoms with Crippen LogP contribution < -0.4 is 16.0 Å². The maximum Gasteiger partial charge on any atom is 0.260 e. The molecule has 0 unspecified atom stereocenters. The Morgan fingerprint density at radius 2 is 1.86 bits per heavy atom. The van der Waals surface area contributed by atoms with Crippen LogP contribution in [0.3, 0.4) is 0 Å². The van der Waals surface area contributed by atoms with Gasteiger partial charge in [0.25, 0.3) is 5.91 Å². The number of anilines is 3. The summed E-state index contributed by atoms with van der Waals surface area (Å²) < 4.78 is 14.2. The summed E-state index contributed by atoms with van der Waals surface area (Å²) >= 11 is 2.83. The highest BCUT2D eigenvalue weighted by molar-refractivity contribution is 7.16. The van der Waals surface area contributed by atoms with Gasteiger partial charge in [-0.2, -0.15) is 4.39 Å². The summed E-state index contributed by atoms with van der Waals surface area (Å²) in [7, 11) is 0. The summed E-state index contributed by atoms with van der Waals surface area (Å²) in [5, 5.41) is 5.15. The zero-order valence-electron chi connectivity index (χ0n) is 18.0. The molecule has 3 heterocycles. The van der Waals surface area contributed by atoms with Crippen molar-refractivity contribution in [2.24, 2.45) is 0 Å². The predicted octanol–water partition coefficient (Wildman–Crippen LogP) is 4.82. The molecule has 35 heavy (non-hydrogen) atoms. The monoisotopic (exact) mass is 504 g/mol. The molecule has 0 atom stereocenters. The molecule has 2 aromatic carbocycles. The number of benzene rings is 2. The Morgan fingerprint density at radius 1 is 1.03 bits per heavy atom. The van der Waals surface area contributed by atoms with Crippen LogP contribution in [0.1, 0.15) is 10.4 Å². The summed E-state index contributed by atoms with van der Waals surface area (Å²) in [5.41, 5.74) is 11.0. The molecule has 0 aliphatic heterocycles. The minimum atomic E-state index is -0.696. The van der Waals surface area contributed by atoms with Crippen LogP contribution in [0.4, 0.5) is 20.9 Å². The number of pyridine rings is 1. The molecule has 0 spiro atoms. The van der Waals surface area contributed by atoms with E-state index in [-0.39, 0.29) is 12.1 Å². The molecule has 0 radical (unpaired) electrons. The zero-order valence-corrected chi connectivity index (χ0v) is 19.6. The fourth-order valence-electron chi connectivity index (χ4n) is 3.44. The Labute approximate surface area is 206 Å². The average Bonchev–Trinajstić information content (AvgIpc) is 3.51. The lowest BCUT2D eigenvalue weighted by molar-refractivity contribution is -0.114. The van der Waals surface area contributed by atoms with Crippen molar-refractivity contribution >= 4 is 61.2 Å². The van der Waals surface area contributed by atoms with Gasteiger partial charge in [-0.15, -0.1) is 22.7 Å². The average molecular weight is 505 g/mol. The van der Waals surface area contributed by atoms with Gasteiger partial charge in [-0.1, -0.05) is 12.1 Å². The number of fused-ring (bicyclic) bond motifs is 1. The maximum absolute atomic E-state index is 13.3. The highest BCUT2D eigenvalue weighted by Gasteiger charge is 2.22. The molecule has 0 aliphatic rings. The number of carbonyl (C=O) groups excluding carboxylic acids is 2. The van der Waals surface area contributed by atoms with Gasteiger partial charge in [0, 0.05) is 28.5 Å². The van der Waals surface area contributed by atoms with Gasteiger partial charge in [0.05, 0.1) is 27.0 Å². The summed E-state index contributed by atoms with van der Waals surface area (Å²) in [6.45, 7) is -0.268. The molecule has 5 aromatic rings. The highest BCUT2D eigenvalue weighted by Crippen LogP contribution is 2.26. The number of thiazole rings is 2. The fraction of sp³-hybridized carbons (Fsp3) is 0.0417. The maximum atomic E-state index is 13.3. The Morgan fingerprint density at radius 3 is 2.57 bits per heavy atom. The first-order valence-electron chi connectivity index (χ1n) is 10.3. The molecule has 0 fully saturated rings. The van der Waals surface area contributed by atoms with Crippen LogP contribution in [-0.4, -0.2) is 33.3 Å². The topological polar surface area (TPSA) is 114 Å². The number of nitrogens with two attached hydrogens (primary N) is 1. The molecule has 11 heteroatoms. The number of rotatable bonds is 6. The fourth-order valence-corrected chi connectivity index (χ4v) is 4.67. The lowest BCUT2D eigenvalue weighted by Crippen LogP contribution is -2.38. The van der Waals surface area contributed by atoms with Crippen molar-refractivity contribution in [1.82, 2.24) is 15.0 Å². The number of amides is 2. The van der Waals surface area contributed by atoms with Crippen molar-refractivity contribution < 1.29 is 14.0 Å². The van der Waals surface area contributed by atoms with Gasteiger partial charge in [-0.25, -0.2) is 15.0 Å². The van der Waals surface area contributed by atoms with E-state index in [1.54, 1.807) is 29.8 Å². The minimum absolute atomic E-state index is 0.157. The zero-order chi connectivity index (χ0) is 24.4. The summed E-state index contributed by atoms with van der Waals surface area (Å²) in [6.07, 6.45) is 1.15. The second kappa shape index (κ2) is 9.57. The van der Waals surface area contributed by atoms with E-state index in [1.165, 1.54) is 33.6 Å². The van der Waals surface area contributed by atoms with Crippen LogP contribution in [0.2, 0.25) is 0 Å². The van der Waals surface area contributed by atoms with Gasteiger partial charge in [0.2, 0.25) is 11.9 Å². The molecule has 5 rings (SSSR count). The Balaban J connectivity index is 1.37.